The monoisotopic (exact) mass is 421 g/mol. The molecule has 3 N–H and O–H groups in total. The molecular weight excluding hydrogens is 397 g/mol. The van der Waals surface area contributed by atoms with Gasteiger partial charge in [0, 0.05) is 37.5 Å². The molecule has 0 spiro atoms. The van der Waals surface area contributed by atoms with Crippen molar-refractivity contribution in [2.75, 3.05) is 12.3 Å². The summed E-state index contributed by atoms with van der Waals surface area (Å²) in [6.07, 6.45) is 9.44. The Kier molecular flexibility index (Phi) is 6.66. The average molecular weight is 421 g/mol. The summed E-state index contributed by atoms with van der Waals surface area (Å²) in [5.41, 5.74) is 7.08. The summed E-state index contributed by atoms with van der Waals surface area (Å²) < 4.78 is 2.23. The van der Waals surface area contributed by atoms with Crippen LogP contribution in [0.25, 0.3) is 0 Å². The van der Waals surface area contributed by atoms with Crippen molar-refractivity contribution < 1.29 is 0 Å². The number of thioether (sulfide) groups is 1. The molecule has 2 heterocycles. The van der Waals surface area contributed by atoms with Gasteiger partial charge in [-0.1, -0.05) is 31.0 Å². The lowest BCUT2D eigenvalue weighted by molar-refractivity contribution is 0.412. The van der Waals surface area contributed by atoms with Crippen LogP contribution in [0.15, 0.2) is 16.3 Å². The van der Waals surface area contributed by atoms with Gasteiger partial charge in [-0.05, 0) is 12.8 Å². The number of nitrogens with one attached hydrogen (secondary N) is 1. The summed E-state index contributed by atoms with van der Waals surface area (Å²) in [5.74, 6) is 1.75. The van der Waals surface area contributed by atoms with E-state index in [4.69, 9.17) is 5.73 Å². The van der Waals surface area contributed by atoms with E-state index in [0.29, 0.717) is 18.5 Å². The molecular formula is C14H24IN5S. The number of hydrogen-bond acceptors (Lipinski definition) is 3. The minimum Gasteiger partial charge on any atom is -0.370 e. The van der Waals surface area contributed by atoms with Gasteiger partial charge in [-0.25, -0.2) is 4.98 Å². The van der Waals surface area contributed by atoms with E-state index in [0.717, 1.165) is 29.6 Å². The second kappa shape index (κ2) is 8.26. The number of halogens is 1. The Balaban J connectivity index is 0.00000161. The molecule has 0 aromatic carbocycles. The molecule has 21 heavy (non-hydrogen) atoms. The minimum atomic E-state index is 0. The first kappa shape index (κ1) is 16.9. The van der Waals surface area contributed by atoms with Crippen molar-refractivity contribution in [3.63, 3.8) is 0 Å². The maximum Gasteiger partial charge on any atom is 0.188 e. The van der Waals surface area contributed by atoms with Crippen molar-refractivity contribution in [2.24, 2.45) is 10.7 Å². The third-order valence-electron chi connectivity index (χ3n) is 3.96. The van der Waals surface area contributed by atoms with Gasteiger partial charge in [-0.3, -0.25) is 4.99 Å². The predicted octanol–water partition coefficient (Wildman–Crippen LogP) is 2.39. The van der Waals surface area contributed by atoms with Crippen LogP contribution >= 0.6 is 35.7 Å². The highest BCUT2D eigenvalue weighted by molar-refractivity contribution is 14.0. The van der Waals surface area contributed by atoms with E-state index in [2.05, 4.69) is 26.1 Å². The predicted molar refractivity (Wildman–Crippen MR) is 98.6 cm³/mol. The van der Waals surface area contributed by atoms with Crippen LogP contribution < -0.4 is 11.1 Å². The van der Waals surface area contributed by atoms with Crippen molar-refractivity contribution in [1.82, 2.24) is 14.9 Å². The molecule has 1 aliphatic carbocycles. The van der Waals surface area contributed by atoms with Gasteiger partial charge in [0.15, 0.2) is 11.1 Å². The summed E-state index contributed by atoms with van der Waals surface area (Å²) in [6, 6.07) is 0.528. The maximum atomic E-state index is 5.95. The van der Waals surface area contributed by atoms with Gasteiger partial charge >= 0.3 is 0 Å². The zero-order valence-corrected chi connectivity index (χ0v) is 15.4. The largest absolute Gasteiger partial charge is 0.370 e. The number of nitrogens with zero attached hydrogens (tertiary/aromatic N) is 3. The molecule has 0 bridgehead atoms. The van der Waals surface area contributed by atoms with Crippen LogP contribution in [0.4, 0.5) is 0 Å². The topological polar surface area (TPSA) is 68.2 Å². The van der Waals surface area contributed by atoms with Gasteiger partial charge in [-0.15, -0.1) is 24.0 Å². The van der Waals surface area contributed by atoms with Gasteiger partial charge in [-0.2, -0.15) is 0 Å². The molecule has 0 saturated heterocycles. The van der Waals surface area contributed by atoms with Crippen LogP contribution in [0.2, 0.25) is 0 Å². The van der Waals surface area contributed by atoms with Crippen LogP contribution in [0.3, 0.4) is 0 Å². The molecule has 118 valence electrons. The number of nitrogens with two attached hydrogens (primary N) is 1. The third-order valence-corrected chi connectivity index (χ3v) is 4.93. The Labute approximate surface area is 147 Å². The summed E-state index contributed by atoms with van der Waals surface area (Å²) in [4.78, 5) is 9.02. The molecule has 2 aliphatic rings. The smallest absolute Gasteiger partial charge is 0.188 e. The summed E-state index contributed by atoms with van der Waals surface area (Å²) in [6.45, 7) is 1.80. The number of rotatable bonds is 4. The number of aryl methyl sites for hydroxylation is 1. The number of imidazole rings is 1. The van der Waals surface area contributed by atoms with E-state index < -0.39 is 0 Å². The average Bonchev–Trinajstić information content (AvgIpc) is 3.01. The zero-order chi connectivity index (χ0) is 13.8. The molecule has 1 aromatic heterocycles. The first-order chi connectivity index (χ1) is 9.81. The molecule has 0 radical (unpaired) electrons. The van der Waals surface area contributed by atoms with Crippen LogP contribution in [-0.4, -0.2) is 33.9 Å². The summed E-state index contributed by atoms with van der Waals surface area (Å²) in [5, 5.41) is 4.49. The Morgan fingerprint density at radius 3 is 3.00 bits per heavy atom. The van der Waals surface area contributed by atoms with Crippen molar-refractivity contribution in [2.45, 2.75) is 56.3 Å². The fourth-order valence-electron chi connectivity index (χ4n) is 2.87. The van der Waals surface area contributed by atoms with E-state index in [1.807, 2.05) is 11.8 Å². The summed E-state index contributed by atoms with van der Waals surface area (Å²) >= 11 is 1.83. The lowest BCUT2D eigenvalue weighted by Crippen LogP contribution is -2.41. The highest BCUT2D eigenvalue weighted by Gasteiger charge is 2.14. The van der Waals surface area contributed by atoms with Gasteiger partial charge in [0.1, 0.15) is 0 Å². The van der Waals surface area contributed by atoms with Gasteiger partial charge in [0.25, 0.3) is 0 Å². The van der Waals surface area contributed by atoms with E-state index in [-0.39, 0.29) is 24.0 Å². The summed E-state index contributed by atoms with van der Waals surface area (Å²) in [7, 11) is 0. The van der Waals surface area contributed by atoms with E-state index >= 15 is 0 Å². The zero-order valence-electron chi connectivity index (χ0n) is 12.3. The highest BCUT2D eigenvalue weighted by atomic mass is 127. The second-order valence-corrected chi connectivity index (χ2v) is 6.61. The molecule has 1 saturated carbocycles. The third kappa shape index (κ3) is 4.77. The normalized spacial score (nSPS) is 19.1. The molecule has 5 nitrogen and oxygen atoms in total. The number of guanidine groups is 1. The standard InChI is InChI=1S/C14H23N5S.HI/c15-13(17-11-4-2-1-3-5-11)16-7-6-12-10-19-8-9-20-14(19)18-12;/h10-11H,1-9H2,(H3,15,16,17);1H. The lowest BCUT2D eigenvalue weighted by atomic mass is 9.96. The molecule has 1 aromatic rings. The van der Waals surface area contributed by atoms with Gasteiger partial charge in [0.05, 0.1) is 5.69 Å². The first-order valence-corrected chi connectivity index (χ1v) is 8.55. The van der Waals surface area contributed by atoms with Crippen molar-refractivity contribution in [1.29, 1.82) is 0 Å². The SMILES string of the molecule is I.NC(=NCCc1cn2c(n1)SCC2)NC1CCCCC1. The van der Waals surface area contributed by atoms with Crippen molar-refractivity contribution in [3.05, 3.63) is 11.9 Å². The molecule has 0 atom stereocenters. The number of aromatic nitrogens is 2. The van der Waals surface area contributed by atoms with Crippen LogP contribution in [0.1, 0.15) is 37.8 Å². The van der Waals surface area contributed by atoms with E-state index in [1.165, 1.54) is 32.1 Å². The van der Waals surface area contributed by atoms with Gasteiger partial charge in [0.2, 0.25) is 0 Å². The van der Waals surface area contributed by atoms with Gasteiger partial charge < -0.3 is 15.6 Å². The van der Waals surface area contributed by atoms with E-state index in [9.17, 15) is 0 Å². The number of hydrogen-bond donors (Lipinski definition) is 2. The highest BCUT2D eigenvalue weighted by Crippen LogP contribution is 2.24. The maximum absolute atomic E-state index is 5.95. The van der Waals surface area contributed by atoms with Crippen LogP contribution in [0, 0.1) is 0 Å². The fraction of sp³-hybridized carbons (Fsp3) is 0.714. The Hall–Kier alpha value is -0.440. The van der Waals surface area contributed by atoms with Crippen LogP contribution in [0.5, 0.6) is 0 Å². The second-order valence-electron chi connectivity index (χ2n) is 5.55. The van der Waals surface area contributed by atoms with E-state index in [1.54, 1.807) is 0 Å². The van der Waals surface area contributed by atoms with Crippen molar-refractivity contribution >= 4 is 41.7 Å². The molecule has 1 fully saturated rings. The Morgan fingerprint density at radius 2 is 2.24 bits per heavy atom. The quantitative estimate of drug-likeness (QED) is 0.445. The van der Waals surface area contributed by atoms with Crippen molar-refractivity contribution in [3.8, 4) is 0 Å². The number of fused-ring (bicyclic) bond motifs is 1. The molecule has 7 heteroatoms. The molecule has 0 unspecified atom stereocenters. The molecule has 3 rings (SSSR count). The minimum absolute atomic E-state index is 0. The Morgan fingerprint density at radius 1 is 1.43 bits per heavy atom. The Bertz CT molecular complexity index is 460. The first-order valence-electron chi connectivity index (χ1n) is 7.56. The fourth-order valence-corrected chi connectivity index (χ4v) is 3.84. The van der Waals surface area contributed by atoms with Crippen LogP contribution in [-0.2, 0) is 13.0 Å². The number of aliphatic imine (C=N–C) groups is 1. The molecule has 1 aliphatic heterocycles. The molecule has 0 amide bonds. The lowest BCUT2D eigenvalue weighted by Gasteiger charge is -2.23.